The van der Waals surface area contributed by atoms with Crippen LogP contribution in [0.3, 0.4) is 0 Å². The van der Waals surface area contributed by atoms with Crippen LogP contribution >= 0.6 is 0 Å². The summed E-state index contributed by atoms with van der Waals surface area (Å²) < 4.78 is 2.24. The second-order valence-electron chi connectivity index (χ2n) is 8.36. The summed E-state index contributed by atoms with van der Waals surface area (Å²) >= 11 is 0. The van der Waals surface area contributed by atoms with Crippen LogP contribution in [0.4, 0.5) is 0 Å². The number of hydrogen-bond acceptors (Lipinski definition) is 2. The maximum absolute atomic E-state index is 4.89. The zero-order chi connectivity index (χ0) is 14.9. The Hall–Kier alpha value is -0.830. The van der Waals surface area contributed by atoms with Gasteiger partial charge in [0.1, 0.15) is 0 Å². The number of nitrogens with one attached hydrogen (secondary N) is 1. The van der Waals surface area contributed by atoms with E-state index in [1.165, 1.54) is 50.6 Å². The minimum absolute atomic E-state index is 0.214. The van der Waals surface area contributed by atoms with Crippen molar-refractivity contribution in [3.63, 3.8) is 0 Å². The van der Waals surface area contributed by atoms with Crippen molar-refractivity contribution in [2.24, 2.45) is 5.41 Å². The van der Waals surface area contributed by atoms with Crippen LogP contribution in [0.25, 0.3) is 0 Å². The third-order valence-corrected chi connectivity index (χ3v) is 5.33. The van der Waals surface area contributed by atoms with Crippen LogP contribution in [-0.4, -0.2) is 21.9 Å². The average Bonchev–Trinajstić information content (AvgIpc) is 3.01. The summed E-state index contributed by atoms with van der Waals surface area (Å²) in [6.45, 7) is 7.91. The third-order valence-electron chi connectivity index (χ3n) is 5.33. The number of nitrogens with zero attached hydrogens (tertiary/aromatic N) is 2. The molecule has 3 heteroatoms. The smallest absolute Gasteiger partial charge is 0.0630 e. The average molecular weight is 289 g/mol. The van der Waals surface area contributed by atoms with Gasteiger partial charge in [-0.1, -0.05) is 19.3 Å². The highest BCUT2D eigenvalue weighted by Gasteiger charge is 2.38. The summed E-state index contributed by atoms with van der Waals surface area (Å²) in [7, 11) is 0. The van der Waals surface area contributed by atoms with Gasteiger partial charge in [0.2, 0.25) is 0 Å². The number of aromatic nitrogens is 2. The summed E-state index contributed by atoms with van der Waals surface area (Å²) in [5, 5.41) is 8.60. The van der Waals surface area contributed by atoms with Crippen LogP contribution in [0.2, 0.25) is 0 Å². The van der Waals surface area contributed by atoms with Crippen molar-refractivity contribution in [2.45, 2.75) is 83.7 Å². The minimum Gasteiger partial charge on any atom is -0.312 e. The largest absolute Gasteiger partial charge is 0.312 e. The molecule has 0 bridgehead atoms. The SMILES string of the molecule is CC(C)(C)NCC1(Cc2ccn(C3CCCC3)n2)CCC1. The molecule has 3 rings (SSSR count). The molecule has 0 aliphatic heterocycles. The van der Waals surface area contributed by atoms with Crippen LogP contribution < -0.4 is 5.32 Å². The predicted octanol–water partition coefficient (Wildman–Crippen LogP) is 4.10. The molecule has 118 valence electrons. The maximum atomic E-state index is 4.89. The quantitative estimate of drug-likeness (QED) is 0.884. The van der Waals surface area contributed by atoms with Crippen molar-refractivity contribution in [3.8, 4) is 0 Å². The monoisotopic (exact) mass is 289 g/mol. The normalized spacial score (nSPS) is 22.4. The van der Waals surface area contributed by atoms with Gasteiger partial charge in [-0.15, -0.1) is 0 Å². The molecule has 0 unspecified atom stereocenters. The van der Waals surface area contributed by atoms with Gasteiger partial charge in [-0.2, -0.15) is 5.10 Å². The molecule has 2 saturated carbocycles. The van der Waals surface area contributed by atoms with Gasteiger partial charge in [0, 0.05) is 18.3 Å². The van der Waals surface area contributed by atoms with Crippen LogP contribution in [0.1, 0.15) is 77.5 Å². The lowest BCUT2D eigenvalue weighted by Crippen LogP contribution is -2.48. The highest BCUT2D eigenvalue weighted by Crippen LogP contribution is 2.43. The van der Waals surface area contributed by atoms with Crippen molar-refractivity contribution < 1.29 is 0 Å². The second kappa shape index (κ2) is 5.75. The van der Waals surface area contributed by atoms with Crippen molar-refractivity contribution in [1.29, 1.82) is 0 Å². The van der Waals surface area contributed by atoms with Gasteiger partial charge in [-0.05, 0) is 64.4 Å². The van der Waals surface area contributed by atoms with E-state index in [4.69, 9.17) is 5.10 Å². The van der Waals surface area contributed by atoms with Crippen molar-refractivity contribution >= 4 is 0 Å². The third kappa shape index (κ3) is 3.68. The Bertz CT molecular complexity index is 459. The van der Waals surface area contributed by atoms with Gasteiger partial charge < -0.3 is 5.32 Å². The van der Waals surface area contributed by atoms with Gasteiger partial charge >= 0.3 is 0 Å². The number of rotatable bonds is 5. The highest BCUT2D eigenvalue weighted by atomic mass is 15.3. The molecule has 0 atom stereocenters. The predicted molar refractivity (Wildman–Crippen MR) is 87.5 cm³/mol. The molecule has 1 N–H and O–H groups in total. The van der Waals surface area contributed by atoms with Crippen molar-refractivity contribution in [1.82, 2.24) is 15.1 Å². The standard InChI is InChI=1S/C18H31N3/c1-17(2,3)19-14-18(10-6-11-18)13-15-9-12-21(20-15)16-7-4-5-8-16/h9,12,16,19H,4-8,10-11,13-14H2,1-3H3. The molecular weight excluding hydrogens is 258 g/mol. The fourth-order valence-corrected chi connectivity index (χ4v) is 3.77. The first-order valence-electron chi connectivity index (χ1n) is 8.75. The molecule has 3 nitrogen and oxygen atoms in total. The Labute approximate surface area is 129 Å². The molecule has 2 aliphatic carbocycles. The Balaban J connectivity index is 1.61. The van der Waals surface area contributed by atoms with E-state index >= 15 is 0 Å². The molecule has 0 saturated heterocycles. The van der Waals surface area contributed by atoms with Gasteiger partial charge in [0.25, 0.3) is 0 Å². The van der Waals surface area contributed by atoms with Crippen LogP contribution in [-0.2, 0) is 6.42 Å². The molecule has 0 aromatic carbocycles. The minimum atomic E-state index is 0.214. The van der Waals surface area contributed by atoms with E-state index in [2.05, 4.69) is 43.0 Å². The highest BCUT2D eigenvalue weighted by molar-refractivity contribution is 5.07. The molecular formula is C18H31N3. The zero-order valence-corrected chi connectivity index (χ0v) is 14.0. The van der Waals surface area contributed by atoms with Gasteiger partial charge in [-0.25, -0.2) is 0 Å². The van der Waals surface area contributed by atoms with E-state index in [1.807, 2.05) is 0 Å². The van der Waals surface area contributed by atoms with Crippen LogP contribution in [0, 0.1) is 5.41 Å². The van der Waals surface area contributed by atoms with E-state index in [0.29, 0.717) is 11.5 Å². The van der Waals surface area contributed by atoms with Gasteiger partial charge in [-0.3, -0.25) is 4.68 Å². The number of hydrogen-bond donors (Lipinski definition) is 1. The summed E-state index contributed by atoms with van der Waals surface area (Å²) in [5.74, 6) is 0. The van der Waals surface area contributed by atoms with E-state index in [0.717, 1.165) is 13.0 Å². The lowest BCUT2D eigenvalue weighted by atomic mass is 9.66. The first-order chi connectivity index (χ1) is 9.96. The molecule has 0 spiro atoms. The maximum Gasteiger partial charge on any atom is 0.0630 e. The molecule has 0 amide bonds. The molecule has 2 fully saturated rings. The fraction of sp³-hybridized carbons (Fsp3) is 0.833. The van der Waals surface area contributed by atoms with Gasteiger partial charge in [0.15, 0.2) is 0 Å². The summed E-state index contributed by atoms with van der Waals surface area (Å²) in [6.07, 6.45) is 12.8. The summed E-state index contributed by atoms with van der Waals surface area (Å²) in [6, 6.07) is 2.93. The van der Waals surface area contributed by atoms with Crippen molar-refractivity contribution in [2.75, 3.05) is 6.54 Å². The first kappa shape index (κ1) is 15.1. The lowest BCUT2D eigenvalue weighted by molar-refractivity contribution is 0.116. The second-order valence-corrected chi connectivity index (χ2v) is 8.36. The Morgan fingerprint density at radius 2 is 1.95 bits per heavy atom. The Morgan fingerprint density at radius 1 is 1.24 bits per heavy atom. The molecule has 1 aromatic rings. The molecule has 2 aliphatic rings. The summed E-state index contributed by atoms with van der Waals surface area (Å²) in [5.41, 5.74) is 1.98. The fourth-order valence-electron chi connectivity index (χ4n) is 3.77. The summed E-state index contributed by atoms with van der Waals surface area (Å²) in [4.78, 5) is 0. The lowest BCUT2D eigenvalue weighted by Gasteiger charge is -2.43. The molecule has 1 aromatic heterocycles. The zero-order valence-electron chi connectivity index (χ0n) is 14.0. The van der Waals surface area contributed by atoms with Crippen molar-refractivity contribution in [3.05, 3.63) is 18.0 Å². The van der Waals surface area contributed by atoms with Gasteiger partial charge in [0.05, 0.1) is 11.7 Å². The van der Waals surface area contributed by atoms with E-state index in [-0.39, 0.29) is 5.54 Å². The topological polar surface area (TPSA) is 29.9 Å². The Kier molecular flexibility index (Phi) is 4.13. The van der Waals surface area contributed by atoms with Crippen LogP contribution in [0.15, 0.2) is 12.3 Å². The van der Waals surface area contributed by atoms with E-state index in [9.17, 15) is 0 Å². The Morgan fingerprint density at radius 3 is 2.52 bits per heavy atom. The molecule has 1 heterocycles. The molecule has 0 radical (unpaired) electrons. The first-order valence-corrected chi connectivity index (χ1v) is 8.75. The molecule has 21 heavy (non-hydrogen) atoms. The van der Waals surface area contributed by atoms with E-state index < -0.39 is 0 Å². The van der Waals surface area contributed by atoms with Crippen LogP contribution in [0.5, 0.6) is 0 Å². The van der Waals surface area contributed by atoms with E-state index in [1.54, 1.807) is 0 Å².